The van der Waals surface area contributed by atoms with Gasteiger partial charge in [0.05, 0.1) is 6.10 Å². The van der Waals surface area contributed by atoms with E-state index >= 15 is 0 Å². The van der Waals surface area contributed by atoms with E-state index in [1.807, 2.05) is 18.7 Å². The van der Waals surface area contributed by atoms with Gasteiger partial charge in [0, 0.05) is 24.5 Å². The molecule has 0 bridgehead atoms. The number of carbonyl (C=O) groups is 1. The van der Waals surface area contributed by atoms with Crippen LogP contribution in [0.4, 0.5) is 4.79 Å². The normalized spacial score (nSPS) is 30.0. The van der Waals surface area contributed by atoms with Gasteiger partial charge in [-0.15, -0.1) is 0 Å². The number of hydrogen-bond donors (Lipinski definition) is 2. The van der Waals surface area contributed by atoms with Gasteiger partial charge in [-0.2, -0.15) is 0 Å². The van der Waals surface area contributed by atoms with Gasteiger partial charge in [0.2, 0.25) is 0 Å². The standard InChI is InChI=1S/C20H30N2O2/c1-20(2)14-22(12-11-18(20)23)19(24)21-17-10-6-9-16(13-17)15-7-4-3-5-8-15/h3-5,7-8,16-18,23H,6,9-14H2,1-2H3,(H,21,24). The molecule has 3 unspecified atom stereocenters. The Bertz CT molecular complexity index is 558. The van der Waals surface area contributed by atoms with Crippen molar-refractivity contribution in [1.29, 1.82) is 0 Å². The van der Waals surface area contributed by atoms with Crippen LogP contribution in [0.1, 0.15) is 57.4 Å². The van der Waals surface area contributed by atoms with Crippen LogP contribution in [0, 0.1) is 5.41 Å². The first-order valence-electron chi connectivity index (χ1n) is 9.24. The molecule has 132 valence electrons. The first-order valence-corrected chi connectivity index (χ1v) is 9.24. The van der Waals surface area contributed by atoms with Crippen LogP contribution in [-0.2, 0) is 0 Å². The molecule has 0 aromatic heterocycles. The third-order valence-corrected chi connectivity index (χ3v) is 5.73. The lowest BCUT2D eigenvalue weighted by atomic mass is 9.81. The maximum Gasteiger partial charge on any atom is 0.317 e. The molecule has 1 saturated carbocycles. The number of benzene rings is 1. The minimum atomic E-state index is -0.321. The molecule has 1 heterocycles. The molecule has 3 rings (SSSR count). The molecule has 1 aromatic carbocycles. The second-order valence-corrected chi connectivity index (χ2v) is 8.14. The van der Waals surface area contributed by atoms with Crippen molar-refractivity contribution >= 4 is 6.03 Å². The number of piperidine rings is 1. The Morgan fingerprint density at radius 3 is 2.67 bits per heavy atom. The summed E-state index contributed by atoms with van der Waals surface area (Å²) >= 11 is 0. The van der Waals surface area contributed by atoms with Crippen molar-refractivity contribution in [1.82, 2.24) is 10.2 Å². The molecule has 0 radical (unpaired) electrons. The van der Waals surface area contributed by atoms with Crippen LogP contribution in [-0.4, -0.2) is 41.3 Å². The molecule has 4 heteroatoms. The van der Waals surface area contributed by atoms with Gasteiger partial charge in [0.25, 0.3) is 0 Å². The van der Waals surface area contributed by atoms with Crippen molar-refractivity contribution < 1.29 is 9.90 Å². The number of carbonyl (C=O) groups excluding carboxylic acids is 1. The van der Waals surface area contributed by atoms with E-state index in [-0.39, 0.29) is 23.6 Å². The topological polar surface area (TPSA) is 52.6 Å². The molecule has 4 nitrogen and oxygen atoms in total. The van der Waals surface area contributed by atoms with E-state index in [1.165, 1.54) is 12.0 Å². The zero-order valence-corrected chi connectivity index (χ0v) is 14.9. The Balaban J connectivity index is 1.56. The predicted molar refractivity (Wildman–Crippen MR) is 95.9 cm³/mol. The highest BCUT2D eigenvalue weighted by atomic mass is 16.3. The number of aliphatic hydroxyl groups is 1. The van der Waals surface area contributed by atoms with Crippen molar-refractivity contribution in [2.24, 2.45) is 5.41 Å². The second kappa shape index (κ2) is 7.14. The summed E-state index contributed by atoms with van der Waals surface area (Å²) in [7, 11) is 0. The van der Waals surface area contributed by atoms with Crippen LogP contribution in [0.5, 0.6) is 0 Å². The van der Waals surface area contributed by atoms with Crippen LogP contribution in [0.2, 0.25) is 0 Å². The van der Waals surface area contributed by atoms with Crippen molar-refractivity contribution in [3.05, 3.63) is 35.9 Å². The quantitative estimate of drug-likeness (QED) is 0.872. The van der Waals surface area contributed by atoms with E-state index in [1.54, 1.807) is 0 Å². The number of urea groups is 1. The Kier molecular flexibility index (Phi) is 5.14. The summed E-state index contributed by atoms with van der Waals surface area (Å²) in [4.78, 5) is 14.5. The van der Waals surface area contributed by atoms with Crippen LogP contribution in [0.3, 0.4) is 0 Å². The summed E-state index contributed by atoms with van der Waals surface area (Å²) in [5, 5.41) is 13.3. The number of hydrogen-bond acceptors (Lipinski definition) is 2. The monoisotopic (exact) mass is 330 g/mol. The Morgan fingerprint density at radius 2 is 1.96 bits per heavy atom. The van der Waals surface area contributed by atoms with Crippen molar-refractivity contribution in [2.75, 3.05) is 13.1 Å². The summed E-state index contributed by atoms with van der Waals surface area (Å²) in [6.07, 6.45) is 4.80. The van der Waals surface area contributed by atoms with Gasteiger partial charge in [-0.1, -0.05) is 50.6 Å². The lowest BCUT2D eigenvalue weighted by Crippen LogP contribution is -2.55. The van der Waals surface area contributed by atoms with Gasteiger partial charge in [0.15, 0.2) is 0 Å². The van der Waals surface area contributed by atoms with Crippen molar-refractivity contribution in [3.63, 3.8) is 0 Å². The Morgan fingerprint density at radius 1 is 1.21 bits per heavy atom. The highest BCUT2D eigenvalue weighted by molar-refractivity contribution is 5.74. The van der Waals surface area contributed by atoms with Gasteiger partial charge in [-0.25, -0.2) is 4.79 Å². The van der Waals surface area contributed by atoms with E-state index in [2.05, 4.69) is 35.6 Å². The van der Waals surface area contributed by atoms with E-state index in [0.29, 0.717) is 25.4 Å². The lowest BCUT2D eigenvalue weighted by molar-refractivity contribution is -0.0118. The molecule has 0 spiro atoms. The fourth-order valence-electron chi connectivity index (χ4n) is 4.13. The van der Waals surface area contributed by atoms with E-state index < -0.39 is 0 Å². The Labute approximate surface area is 145 Å². The number of likely N-dealkylation sites (tertiary alicyclic amines) is 1. The molecule has 2 fully saturated rings. The van der Waals surface area contributed by atoms with Gasteiger partial charge < -0.3 is 15.3 Å². The van der Waals surface area contributed by atoms with Gasteiger partial charge in [-0.05, 0) is 37.2 Å². The average Bonchev–Trinajstić information content (AvgIpc) is 2.58. The molecule has 2 N–H and O–H groups in total. The van der Waals surface area contributed by atoms with Crippen molar-refractivity contribution in [2.45, 2.75) is 64.0 Å². The molecule has 2 aliphatic rings. The SMILES string of the molecule is CC1(C)CN(C(=O)NC2CCCC(c3ccccc3)C2)CCC1O. The first kappa shape index (κ1) is 17.3. The number of amides is 2. The molecule has 1 aromatic rings. The molecular weight excluding hydrogens is 300 g/mol. The molecule has 24 heavy (non-hydrogen) atoms. The molecule has 3 atom stereocenters. The number of rotatable bonds is 2. The average molecular weight is 330 g/mol. The second-order valence-electron chi connectivity index (χ2n) is 8.14. The zero-order chi connectivity index (χ0) is 17.2. The number of nitrogens with zero attached hydrogens (tertiary/aromatic N) is 1. The van der Waals surface area contributed by atoms with E-state index in [4.69, 9.17) is 0 Å². The molecule has 2 amide bonds. The summed E-state index contributed by atoms with van der Waals surface area (Å²) < 4.78 is 0. The fourth-order valence-corrected chi connectivity index (χ4v) is 4.13. The first-order chi connectivity index (χ1) is 11.5. The Hall–Kier alpha value is -1.55. The molecular formula is C20H30N2O2. The minimum Gasteiger partial charge on any atom is -0.392 e. The summed E-state index contributed by atoms with van der Waals surface area (Å²) in [6.45, 7) is 5.33. The third kappa shape index (κ3) is 3.92. The predicted octanol–water partition coefficient (Wildman–Crippen LogP) is 3.52. The summed E-state index contributed by atoms with van der Waals surface area (Å²) in [6, 6.07) is 10.9. The van der Waals surface area contributed by atoms with Crippen LogP contribution in [0.15, 0.2) is 30.3 Å². The molecule has 1 saturated heterocycles. The lowest BCUT2D eigenvalue weighted by Gasteiger charge is -2.42. The van der Waals surface area contributed by atoms with Gasteiger partial charge >= 0.3 is 6.03 Å². The molecule has 1 aliphatic carbocycles. The summed E-state index contributed by atoms with van der Waals surface area (Å²) in [5.74, 6) is 0.546. The highest BCUT2D eigenvalue weighted by Crippen LogP contribution is 2.33. The largest absolute Gasteiger partial charge is 0.392 e. The van der Waals surface area contributed by atoms with Crippen LogP contribution >= 0.6 is 0 Å². The van der Waals surface area contributed by atoms with Crippen molar-refractivity contribution in [3.8, 4) is 0 Å². The third-order valence-electron chi connectivity index (χ3n) is 5.73. The minimum absolute atomic E-state index is 0.0358. The van der Waals surface area contributed by atoms with Crippen LogP contribution < -0.4 is 5.32 Å². The van der Waals surface area contributed by atoms with Gasteiger partial charge in [-0.3, -0.25) is 0 Å². The smallest absolute Gasteiger partial charge is 0.317 e. The number of aliphatic hydroxyl groups excluding tert-OH is 1. The zero-order valence-electron chi connectivity index (χ0n) is 14.9. The van der Waals surface area contributed by atoms with E-state index in [0.717, 1.165) is 19.3 Å². The number of nitrogens with one attached hydrogen (secondary N) is 1. The van der Waals surface area contributed by atoms with Gasteiger partial charge in [0.1, 0.15) is 0 Å². The fraction of sp³-hybridized carbons (Fsp3) is 0.650. The molecule has 1 aliphatic heterocycles. The van der Waals surface area contributed by atoms with Crippen LogP contribution in [0.25, 0.3) is 0 Å². The maximum absolute atomic E-state index is 12.6. The summed E-state index contributed by atoms with van der Waals surface area (Å²) in [5.41, 5.74) is 1.16. The maximum atomic E-state index is 12.6. The highest BCUT2D eigenvalue weighted by Gasteiger charge is 2.37. The van der Waals surface area contributed by atoms with E-state index in [9.17, 15) is 9.90 Å².